The molecule has 0 heterocycles. The lowest BCUT2D eigenvalue weighted by Gasteiger charge is -2.28. The van der Waals surface area contributed by atoms with Crippen molar-refractivity contribution in [2.45, 2.75) is 31.9 Å². The topological polar surface area (TPSA) is 44.8 Å². The standard InChI is InChI=1S/C10H20O4Si/c1-7(2)9(11)14-8(3)15-10(4,12-5)13-6/h8H,1,15H2,2-6H3. The van der Waals surface area contributed by atoms with Crippen molar-refractivity contribution in [3.8, 4) is 0 Å². The van der Waals surface area contributed by atoms with Crippen molar-refractivity contribution in [1.29, 1.82) is 0 Å². The van der Waals surface area contributed by atoms with Gasteiger partial charge < -0.3 is 14.2 Å². The summed E-state index contributed by atoms with van der Waals surface area (Å²) in [6, 6.07) is 0. The second-order valence-corrected chi connectivity index (χ2v) is 6.58. The summed E-state index contributed by atoms with van der Waals surface area (Å²) >= 11 is 0. The van der Waals surface area contributed by atoms with Crippen LogP contribution in [0.5, 0.6) is 0 Å². The summed E-state index contributed by atoms with van der Waals surface area (Å²) in [6.45, 7) is 8.85. The van der Waals surface area contributed by atoms with E-state index in [4.69, 9.17) is 14.2 Å². The Balaban J connectivity index is 4.19. The fraction of sp³-hybridized carbons (Fsp3) is 0.700. The summed E-state index contributed by atoms with van der Waals surface area (Å²) in [6.07, 6.45) is 0. The Bertz CT molecular complexity index is 236. The van der Waals surface area contributed by atoms with Gasteiger partial charge in [-0.3, -0.25) is 0 Å². The number of methoxy groups -OCH3 is 2. The van der Waals surface area contributed by atoms with Crippen LogP contribution in [0, 0.1) is 0 Å². The molecule has 0 aliphatic carbocycles. The lowest BCUT2D eigenvalue weighted by atomic mass is 10.4. The molecule has 1 unspecified atom stereocenters. The van der Waals surface area contributed by atoms with E-state index in [1.807, 2.05) is 13.8 Å². The fourth-order valence-electron chi connectivity index (χ4n) is 1.10. The van der Waals surface area contributed by atoms with E-state index in [0.717, 1.165) is 0 Å². The van der Waals surface area contributed by atoms with Crippen LogP contribution in [0.15, 0.2) is 12.2 Å². The Morgan fingerprint density at radius 2 is 1.87 bits per heavy atom. The van der Waals surface area contributed by atoms with Crippen LogP contribution < -0.4 is 0 Å². The minimum Gasteiger partial charge on any atom is -0.464 e. The van der Waals surface area contributed by atoms with Crippen LogP contribution in [-0.2, 0) is 19.0 Å². The number of carbonyl (C=O) groups is 1. The number of rotatable bonds is 6. The molecule has 0 aliphatic heterocycles. The molecule has 4 nitrogen and oxygen atoms in total. The van der Waals surface area contributed by atoms with Crippen LogP contribution in [0.25, 0.3) is 0 Å². The normalized spacial score (nSPS) is 14.2. The molecule has 0 aliphatic rings. The Morgan fingerprint density at radius 1 is 1.40 bits per heavy atom. The van der Waals surface area contributed by atoms with E-state index in [-0.39, 0.29) is 11.7 Å². The van der Waals surface area contributed by atoms with E-state index < -0.39 is 14.9 Å². The molecule has 0 aromatic carbocycles. The zero-order valence-corrected chi connectivity index (χ0v) is 11.5. The number of carbonyl (C=O) groups excluding carboxylic acids is 1. The molecule has 0 saturated heterocycles. The quantitative estimate of drug-likeness (QED) is 0.291. The molecule has 0 spiro atoms. The third kappa shape index (κ3) is 5.11. The predicted molar refractivity (Wildman–Crippen MR) is 61.3 cm³/mol. The molecule has 0 fully saturated rings. The highest BCUT2D eigenvalue weighted by Crippen LogP contribution is 2.11. The summed E-state index contributed by atoms with van der Waals surface area (Å²) < 4.78 is 15.6. The summed E-state index contributed by atoms with van der Waals surface area (Å²) in [5, 5.41) is 0. The van der Waals surface area contributed by atoms with Crippen molar-refractivity contribution in [2.24, 2.45) is 0 Å². The Morgan fingerprint density at radius 3 is 2.20 bits per heavy atom. The fourth-order valence-corrected chi connectivity index (χ4v) is 2.71. The van der Waals surface area contributed by atoms with Crippen molar-refractivity contribution >= 4 is 15.5 Å². The van der Waals surface area contributed by atoms with Crippen LogP contribution in [0.1, 0.15) is 20.8 Å². The van der Waals surface area contributed by atoms with Crippen molar-refractivity contribution in [3.63, 3.8) is 0 Å². The van der Waals surface area contributed by atoms with Gasteiger partial charge in [0.05, 0.1) is 5.73 Å². The van der Waals surface area contributed by atoms with Gasteiger partial charge in [-0.1, -0.05) is 6.58 Å². The molecule has 88 valence electrons. The second kappa shape index (κ2) is 6.04. The molecule has 15 heavy (non-hydrogen) atoms. The maximum atomic E-state index is 11.2. The second-order valence-electron chi connectivity index (χ2n) is 3.74. The van der Waals surface area contributed by atoms with Gasteiger partial charge in [-0.25, -0.2) is 4.79 Å². The molecule has 0 aromatic heterocycles. The Kier molecular flexibility index (Phi) is 5.78. The van der Waals surface area contributed by atoms with Gasteiger partial charge in [0, 0.05) is 19.8 Å². The molecule has 0 aromatic rings. The minimum atomic E-state index is -0.850. The highest BCUT2D eigenvalue weighted by Gasteiger charge is 2.28. The van der Waals surface area contributed by atoms with Gasteiger partial charge in [-0.15, -0.1) is 0 Å². The van der Waals surface area contributed by atoms with Crippen molar-refractivity contribution in [2.75, 3.05) is 14.2 Å². The first-order chi connectivity index (χ1) is 6.84. The zero-order valence-electron chi connectivity index (χ0n) is 10.1. The van der Waals surface area contributed by atoms with Gasteiger partial charge in [-0.2, -0.15) is 0 Å². The van der Waals surface area contributed by atoms with E-state index in [0.29, 0.717) is 5.57 Å². The Hall–Kier alpha value is -0.653. The third-order valence-electron chi connectivity index (χ3n) is 2.18. The molecule has 1 atom stereocenters. The lowest BCUT2D eigenvalue weighted by molar-refractivity contribution is -0.145. The van der Waals surface area contributed by atoms with Gasteiger partial charge in [0.1, 0.15) is 14.9 Å². The number of hydrogen-bond acceptors (Lipinski definition) is 4. The van der Waals surface area contributed by atoms with Crippen molar-refractivity contribution in [1.82, 2.24) is 0 Å². The maximum Gasteiger partial charge on any atom is 0.333 e. The summed E-state index contributed by atoms with van der Waals surface area (Å²) in [5.41, 5.74) is -0.319. The van der Waals surface area contributed by atoms with Gasteiger partial charge >= 0.3 is 5.97 Å². The zero-order chi connectivity index (χ0) is 12.1. The molecule has 0 amide bonds. The van der Waals surface area contributed by atoms with Crippen LogP contribution >= 0.6 is 0 Å². The van der Waals surface area contributed by atoms with Gasteiger partial charge in [0.15, 0.2) is 0 Å². The maximum absolute atomic E-state index is 11.2. The summed E-state index contributed by atoms with van der Waals surface area (Å²) in [5.74, 6) is -0.357. The molecule has 0 N–H and O–H groups in total. The van der Waals surface area contributed by atoms with Crippen LogP contribution in [-0.4, -0.2) is 40.8 Å². The van der Waals surface area contributed by atoms with E-state index in [1.54, 1.807) is 21.1 Å². The molecule has 5 heteroatoms. The monoisotopic (exact) mass is 232 g/mol. The largest absolute Gasteiger partial charge is 0.464 e. The van der Waals surface area contributed by atoms with E-state index in [1.165, 1.54) is 0 Å². The molecule has 0 rings (SSSR count). The molecule has 0 radical (unpaired) electrons. The summed E-state index contributed by atoms with van der Waals surface area (Å²) in [7, 11) is 2.32. The average Bonchev–Trinajstić information content (AvgIpc) is 2.17. The van der Waals surface area contributed by atoms with Gasteiger partial charge in [0.25, 0.3) is 0 Å². The smallest absolute Gasteiger partial charge is 0.333 e. The number of ether oxygens (including phenoxy) is 3. The average molecular weight is 232 g/mol. The van der Waals surface area contributed by atoms with E-state index >= 15 is 0 Å². The van der Waals surface area contributed by atoms with E-state index in [9.17, 15) is 4.79 Å². The van der Waals surface area contributed by atoms with Crippen molar-refractivity contribution in [3.05, 3.63) is 12.2 Å². The number of esters is 1. The molecular weight excluding hydrogens is 212 g/mol. The van der Waals surface area contributed by atoms with Crippen molar-refractivity contribution < 1.29 is 19.0 Å². The molecule has 0 saturated carbocycles. The lowest BCUT2D eigenvalue weighted by Crippen LogP contribution is -2.43. The first-order valence-corrected chi connectivity index (χ1v) is 6.34. The van der Waals surface area contributed by atoms with Crippen LogP contribution in [0.3, 0.4) is 0 Å². The van der Waals surface area contributed by atoms with Crippen LogP contribution in [0.2, 0.25) is 0 Å². The van der Waals surface area contributed by atoms with E-state index in [2.05, 4.69) is 6.58 Å². The minimum absolute atomic E-state index is 0.140. The first-order valence-electron chi connectivity index (χ1n) is 4.81. The highest BCUT2D eigenvalue weighted by atomic mass is 28.2. The molecule has 0 bridgehead atoms. The first kappa shape index (κ1) is 14.3. The summed E-state index contributed by atoms with van der Waals surface area (Å²) in [4.78, 5) is 11.2. The van der Waals surface area contributed by atoms with Gasteiger partial charge in [0.2, 0.25) is 0 Å². The Labute approximate surface area is 93.4 Å². The predicted octanol–water partition coefficient (Wildman–Crippen LogP) is 0.587. The van der Waals surface area contributed by atoms with Crippen LogP contribution in [0.4, 0.5) is 0 Å². The SMILES string of the molecule is C=C(C)C(=O)OC(C)[SiH2]C(C)(OC)OC. The number of hydrogen-bond donors (Lipinski definition) is 0. The third-order valence-corrected chi connectivity index (χ3v) is 4.24. The molecular formula is C10H20O4Si. The highest BCUT2D eigenvalue weighted by molar-refractivity contribution is 6.40. The van der Waals surface area contributed by atoms with Gasteiger partial charge in [-0.05, 0) is 20.8 Å².